The second-order valence-electron chi connectivity index (χ2n) is 8.24. The number of nitrogens with one attached hydrogen (secondary N) is 2. The molecule has 0 aromatic heterocycles. The monoisotopic (exact) mass is 510 g/mol. The molecule has 0 saturated carbocycles. The largest absolute Gasteiger partial charge is 0.379 e. The van der Waals surface area contributed by atoms with Gasteiger partial charge in [-0.3, -0.25) is 9.89 Å². The highest BCUT2D eigenvalue weighted by molar-refractivity contribution is 14.0. The van der Waals surface area contributed by atoms with E-state index in [9.17, 15) is 0 Å². The minimum atomic E-state index is 0. The normalized spacial score (nSPS) is 21.7. The van der Waals surface area contributed by atoms with Gasteiger partial charge in [0.2, 0.25) is 0 Å². The fourth-order valence-corrected chi connectivity index (χ4v) is 3.90. The Morgan fingerprint density at radius 1 is 1.21 bits per heavy atom. The van der Waals surface area contributed by atoms with Crippen LogP contribution in [0.3, 0.4) is 0 Å². The van der Waals surface area contributed by atoms with Crippen molar-refractivity contribution < 1.29 is 9.47 Å². The molecule has 0 aromatic carbocycles. The zero-order valence-corrected chi connectivity index (χ0v) is 20.6. The van der Waals surface area contributed by atoms with Crippen LogP contribution in [-0.4, -0.2) is 75.5 Å². The van der Waals surface area contributed by atoms with Crippen LogP contribution in [0, 0.1) is 5.92 Å². The van der Waals surface area contributed by atoms with E-state index < -0.39 is 0 Å². The van der Waals surface area contributed by atoms with Crippen molar-refractivity contribution >= 4 is 29.9 Å². The van der Waals surface area contributed by atoms with Crippen molar-refractivity contribution in [3.05, 3.63) is 0 Å². The first-order valence-corrected chi connectivity index (χ1v) is 11.1. The van der Waals surface area contributed by atoms with E-state index in [1.807, 2.05) is 0 Å². The average Bonchev–Trinajstić information content (AvgIpc) is 3.34. The number of ether oxygens (including phenoxy) is 2. The van der Waals surface area contributed by atoms with Crippen LogP contribution < -0.4 is 10.6 Å². The third-order valence-electron chi connectivity index (χ3n) is 5.29. The summed E-state index contributed by atoms with van der Waals surface area (Å²) in [7, 11) is 0. The molecule has 2 aliphatic rings. The predicted octanol–water partition coefficient (Wildman–Crippen LogP) is 3.26. The van der Waals surface area contributed by atoms with Gasteiger partial charge in [-0.1, -0.05) is 13.8 Å². The molecule has 2 saturated heterocycles. The molecule has 166 valence electrons. The van der Waals surface area contributed by atoms with Gasteiger partial charge in [0.1, 0.15) is 0 Å². The Hall–Kier alpha value is -0.120. The van der Waals surface area contributed by atoms with E-state index in [2.05, 4.69) is 36.3 Å². The maximum Gasteiger partial charge on any atom is 0.191 e. The average molecular weight is 511 g/mol. The van der Waals surface area contributed by atoms with Gasteiger partial charge in [0.15, 0.2) is 5.96 Å². The van der Waals surface area contributed by atoms with E-state index in [0.29, 0.717) is 18.1 Å². The molecule has 7 heteroatoms. The van der Waals surface area contributed by atoms with Gasteiger partial charge < -0.3 is 20.1 Å². The van der Waals surface area contributed by atoms with Crippen LogP contribution in [0.15, 0.2) is 4.99 Å². The van der Waals surface area contributed by atoms with Gasteiger partial charge >= 0.3 is 0 Å². The Kier molecular flexibility index (Phi) is 14.5. The lowest BCUT2D eigenvalue weighted by Gasteiger charge is -2.28. The van der Waals surface area contributed by atoms with Crippen molar-refractivity contribution in [2.45, 2.75) is 71.4 Å². The molecule has 0 bridgehead atoms. The number of aliphatic imine (C=N–C) groups is 1. The zero-order chi connectivity index (χ0) is 19.3. The minimum Gasteiger partial charge on any atom is -0.379 e. The maximum atomic E-state index is 5.74. The van der Waals surface area contributed by atoms with Gasteiger partial charge in [-0.05, 0) is 64.5 Å². The third-order valence-corrected chi connectivity index (χ3v) is 5.29. The van der Waals surface area contributed by atoms with E-state index in [1.54, 1.807) is 0 Å². The minimum absolute atomic E-state index is 0. The number of hydrogen-bond donors (Lipinski definition) is 2. The number of rotatable bonds is 12. The lowest BCUT2D eigenvalue weighted by atomic mass is 10.0. The van der Waals surface area contributed by atoms with Crippen LogP contribution in [0.4, 0.5) is 0 Å². The molecular formula is C21H43IN4O2. The van der Waals surface area contributed by atoms with Gasteiger partial charge in [0.25, 0.3) is 0 Å². The van der Waals surface area contributed by atoms with Crippen LogP contribution in [0.5, 0.6) is 0 Å². The number of likely N-dealkylation sites (tertiary alicyclic amines) is 1. The first kappa shape index (κ1) is 25.9. The lowest BCUT2D eigenvalue weighted by molar-refractivity contribution is 0.0168. The molecule has 2 rings (SSSR count). The zero-order valence-electron chi connectivity index (χ0n) is 18.3. The molecule has 28 heavy (non-hydrogen) atoms. The number of nitrogens with zero attached hydrogens (tertiary/aromatic N) is 2. The summed E-state index contributed by atoms with van der Waals surface area (Å²) >= 11 is 0. The topological polar surface area (TPSA) is 58.1 Å². The van der Waals surface area contributed by atoms with Gasteiger partial charge in [0, 0.05) is 32.3 Å². The van der Waals surface area contributed by atoms with Crippen LogP contribution in [0.1, 0.15) is 59.3 Å². The molecular weight excluding hydrogens is 467 g/mol. The first-order chi connectivity index (χ1) is 13.2. The van der Waals surface area contributed by atoms with Gasteiger partial charge in [-0.25, -0.2) is 0 Å². The molecule has 2 heterocycles. The smallest absolute Gasteiger partial charge is 0.191 e. The summed E-state index contributed by atoms with van der Waals surface area (Å²) in [6.45, 7) is 14.3. The highest BCUT2D eigenvalue weighted by atomic mass is 127. The number of hydrogen-bond acceptors (Lipinski definition) is 4. The fourth-order valence-electron chi connectivity index (χ4n) is 3.90. The summed E-state index contributed by atoms with van der Waals surface area (Å²) in [4.78, 5) is 7.52. The molecule has 0 aliphatic carbocycles. The quantitative estimate of drug-likeness (QED) is 0.183. The highest BCUT2D eigenvalue weighted by Gasteiger charge is 2.22. The molecule has 2 fully saturated rings. The van der Waals surface area contributed by atoms with Crippen molar-refractivity contribution in [2.75, 3.05) is 52.5 Å². The number of halogens is 1. The van der Waals surface area contributed by atoms with Crippen LogP contribution in [0.2, 0.25) is 0 Å². The summed E-state index contributed by atoms with van der Waals surface area (Å²) in [6, 6.07) is 0.567. The fraction of sp³-hybridized carbons (Fsp3) is 0.952. The van der Waals surface area contributed by atoms with E-state index in [4.69, 9.17) is 14.5 Å². The van der Waals surface area contributed by atoms with Crippen molar-refractivity contribution in [3.63, 3.8) is 0 Å². The molecule has 0 spiro atoms. The van der Waals surface area contributed by atoms with Gasteiger partial charge in [0.05, 0.1) is 19.3 Å². The highest BCUT2D eigenvalue weighted by Crippen LogP contribution is 2.18. The molecule has 2 atom stereocenters. The summed E-state index contributed by atoms with van der Waals surface area (Å²) in [6.07, 6.45) is 7.52. The second-order valence-corrected chi connectivity index (χ2v) is 8.24. The van der Waals surface area contributed by atoms with Crippen molar-refractivity contribution in [3.8, 4) is 0 Å². The molecule has 2 unspecified atom stereocenters. The van der Waals surface area contributed by atoms with Crippen molar-refractivity contribution in [2.24, 2.45) is 10.9 Å². The van der Waals surface area contributed by atoms with E-state index in [-0.39, 0.29) is 24.0 Å². The van der Waals surface area contributed by atoms with Crippen molar-refractivity contribution in [1.82, 2.24) is 15.5 Å². The lowest BCUT2D eigenvalue weighted by Crippen LogP contribution is -2.41. The summed E-state index contributed by atoms with van der Waals surface area (Å²) in [5.74, 6) is 1.65. The first-order valence-electron chi connectivity index (χ1n) is 11.1. The number of guanidine groups is 1. The Morgan fingerprint density at radius 2 is 2.00 bits per heavy atom. The SMILES string of the molecule is CCNC(=NCC(CC(C)C)N1CCCC1)NCCCOCC1CCCO1.I. The predicted molar refractivity (Wildman–Crippen MR) is 128 cm³/mol. The molecule has 6 nitrogen and oxygen atoms in total. The van der Waals surface area contributed by atoms with E-state index >= 15 is 0 Å². The Balaban J connectivity index is 0.00000392. The Bertz CT molecular complexity index is 411. The van der Waals surface area contributed by atoms with Gasteiger partial charge in [-0.15, -0.1) is 24.0 Å². The molecule has 0 aromatic rings. The van der Waals surface area contributed by atoms with Crippen LogP contribution >= 0.6 is 24.0 Å². The molecule has 0 amide bonds. The van der Waals surface area contributed by atoms with Crippen LogP contribution in [-0.2, 0) is 9.47 Å². The standard InChI is InChI=1S/C21H42N4O2.HI/c1-4-22-21(23-10-8-13-26-17-20-9-7-14-27-20)24-16-19(15-18(2)3)25-11-5-6-12-25;/h18-20H,4-17H2,1-3H3,(H2,22,23,24);1H. The second kappa shape index (κ2) is 15.7. The molecule has 0 radical (unpaired) electrons. The maximum absolute atomic E-state index is 5.74. The summed E-state index contributed by atoms with van der Waals surface area (Å²) in [5.41, 5.74) is 0. The Labute approximate surface area is 189 Å². The molecule has 2 aliphatic heterocycles. The van der Waals surface area contributed by atoms with Crippen LogP contribution in [0.25, 0.3) is 0 Å². The summed E-state index contributed by atoms with van der Waals surface area (Å²) < 4.78 is 11.3. The molecule has 2 N–H and O–H groups in total. The van der Waals surface area contributed by atoms with Gasteiger partial charge in [-0.2, -0.15) is 0 Å². The van der Waals surface area contributed by atoms with E-state index in [0.717, 1.165) is 58.3 Å². The summed E-state index contributed by atoms with van der Waals surface area (Å²) in [5, 5.41) is 6.83. The third kappa shape index (κ3) is 10.6. The Morgan fingerprint density at radius 3 is 2.64 bits per heavy atom. The van der Waals surface area contributed by atoms with Crippen molar-refractivity contribution in [1.29, 1.82) is 0 Å². The van der Waals surface area contributed by atoms with E-state index in [1.165, 1.54) is 38.8 Å².